The van der Waals surface area contributed by atoms with Crippen molar-refractivity contribution < 1.29 is 4.79 Å². The number of aryl methyl sites for hydroxylation is 1. The lowest BCUT2D eigenvalue weighted by molar-refractivity contribution is 0.0687. The number of hydrogen-bond acceptors (Lipinski definition) is 5. The van der Waals surface area contributed by atoms with Gasteiger partial charge >= 0.3 is 0 Å². The van der Waals surface area contributed by atoms with E-state index in [-0.39, 0.29) is 17.5 Å². The minimum absolute atomic E-state index is 0.138. The van der Waals surface area contributed by atoms with E-state index >= 15 is 0 Å². The number of nitrogens with zero attached hydrogens (tertiary/aromatic N) is 5. The number of carbonyl (C=O) groups is 1. The minimum atomic E-state index is -0.282. The van der Waals surface area contributed by atoms with Crippen molar-refractivity contribution in [1.82, 2.24) is 30.6 Å². The van der Waals surface area contributed by atoms with Gasteiger partial charge in [0, 0.05) is 12.1 Å². The fraction of sp³-hybridized carbons (Fsp3) is 0.364. The maximum atomic E-state index is 12.9. The molecule has 1 aromatic heterocycles. The standard InChI is InChI=1S/C22H26N6O/c1-15-10-11-16-12-13-27(24-21(29)17-8-6-5-7-9-17)19(18(16)14-15)20-23-25-26-28(20)22(2,3)4/h5-11,14,19H,12-13H2,1-4H3,(H,24,29). The summed E-state index contributed by atoms with van der Waals surface area (Å²) in [6.07, 6.45) is 0.846. The summed E-state index contributed by atoms with van der Waals surface area (Å²) in [5.41, 5.74) is 6.99. The molecule has 7 nitrogen and oxygen atoms in total. The second-order valence-corrected chi connectivity index (χ2v) is 8.47. The molecule has 2 heterocycles. The molecule has 1 atom stereocenters. The van der Waals surface area contributed by atoms with Crippen molar-refractivity contribution in [2.24, 2.45) is 0 Å². The second-order valence-electron chi connectivity index (χ2n) is 8.47. The number of carbonyl (C=O) groups excluding carboxylic acids is 1. The first-order valence-corrected chi connectivity index (χ1v) is 9.85. The number of tetrazole rings is 1. The molecule has 1 aliphatic rings. The Morgan fingerprint density at radius 2 is 1.90 bits per heavy atom. The first-order chi connectivity index (χ1) is 13.8. The first kappa shape index (κ1) is 19.3. The number of benzene rings is 2. The molecule has 1 N–H and O–H groups in total. The van der Waals surface area contributed by atoms with Crippen molar-refractivity contribution in [1.29, 1.82) is 0 Å². The maximum Gasteiger partial charge on any atom is 0.265 e. The Hall–Kier alpha value is -3.06. The highest BCUT2D eigenvalue weighted by Gasteiger charge is 2.36. The Bertz CT molecular complexity index is 1020. The molecule has 0 spiro atoms. The minimum Gasteiger partial charge on any atom is -0.284 e. The molecule has 4 rings (SSSR count). The van der Waals surface area contributed by atoms with E-state index in [0.717, 1.165) is 17.8 Å². The summed E-state index contributed by atoms with van der Waals surface area (Å²) in [6, 6.07) is 15.4. The number of fused-ring (bicyclic) bond motifs is 1. The van der Waals surface area contributed by atoms with Crippen LogP contribution in [0.2, 0.25) is 0 Å². The van der Waals surface area contributed by atoms with Gasteiger partial charge in [-0.1, -0.05) is 42.0 Å². The van der Waals surface area contributed by atoms with Gasteiger partial charge in [-0.05, 0) is 67.8 Å². The van der Waals surface area contributed by atoms with Gasteiger partial charge in [0.1, 0.15) is 6.04 Å². The normalized spacial score (nSPS) is 17.0. The van der Waals surface area contributed by atoms with Gasteiger partial charge in [0.2, 0.25) is 0 Å². The highest BCUT2D eigenvalue weighted by atomic mass is 16.2. The van der Waals surface area contributed by atoms with Crippen LogP contribution in [-0.2, 0) is 12.0 Å². The lowest BCUT2D eigenvalue weighted by Gasteiger charge is -2.37. The van der Waals surface area contributed by atoms with Gasteiger partial charge < -0.3 is 0 Å². The number of nitrogens with one attached hydrogen (secondary N) is 1. The smallest absolute Gasteiger partial charge is 0.265 e. The van der Waals surface area contributed by atoms with Gasteiger partial charge in [-0.15, -0.1) is 5.10 Å². The Balaban J connectivity index is 1.77. The molecular formula is C22H26N6O. The van der Waals surface area contributed by atoms with E-state index < -0.39 is 0 Å². The van der Waals surface area contributed by atoms with E-state index in [1.807, 2.05) is 40.0 Å². The quantitative estimate of drug-likeness (QED) is 0.744. The van der Waals surface area contributed by atoms with E-state index in [2.05, 4.69) is 66.8 Å². The molecule has 29 heavy (non-hydrogen) atoms. The van der Waals surface area contributed by atoms with E-state index in [9.17, 15) is 4.79 Å². The maximum absolute atomic E-state index is 12.9. The van der Waals surface area contributed by atoms with E-state index in [4.69, 9.17) is 0 Å². The number of amides is 1. The summed E-state index contributed by atoms with van der Waals surface area (Å²) >= 11 is 0. The number of hydrazine groups is 1. The zero-order valence-corrected chi connectivity index (χ0v) is 17.3. The van der Waals surface area contributed by atoms with Crippen molar-refractivity contribution in [3.05, 3.63) is 76.6 Å². The third-order valence-electron chi connectivity index (χ3n) is 5.18. The monoisotopic (exact) mass is 390 g/mol. The van der Waals surface area contributed by atoms with Crippen LogP contribution in [0.5, 0.6) is 0 Å². The third-order valence-corrected chi connectivity index (χ3v) is 5.18. The molecule has 0 aliphatic carbocycles. The molecule has 0 saturated heterocycles. The van der Waals surface area contributed by atoms with Crippen LogP contribution in [0.1, 0.15) is 59.7 Å². The largest absolute Gasteiger partial charge is 0.284 e. The fourth-order valence-corrected chi connectivity index (χ4v) is 3.76. The Kier molecular flexibility index (Phi) is 4.92. The summed E-state index contributed by atoms with van der Waals surface area (Å²) in [4.78, 5) is 12.9. The molecule has 150 valence electrons. The van der Waals surface area contributed by atoms with Gasteiger partial charge in [0.05, 0.1) is 5.54 Å². The van der Waals surface area contributed by atoms with Gasteiger partial charge in [-0.2, -0.15) is 0 Å². The predicted octanol–water partition coefficient (Wildman–Crippen LogP) is 3.03. The number of hydrogen-bond donors (Lipinski definition) is 1. The average molecular weight is 390 g/mol. The molecule has 0 saturated carbocycles. The Morgan fingerprint density at radius 3 is 2.62 bits per heavy atom. The van der Waals surface area contributed by atoms with E-state index in [1.165, 1.54) is 11.1 Å². The van der Waals surface area contributed by atoms with Crippen molar-refractivity contribution in [3.8, 4) is 0 Å². The summed E-state index contributed by atoms with van der Waals surface area (Å²) in [6.45, 7) is 8.96. The van der Waals surface area contributed by atoms with Gasteiger partial charge in [-0.3, -0.25) is 10.2 Å². The highest BCUT2D eigenvalue weighted by molar-refractivity contribution is 5.93. The molecule has 0 bridgehead atoms. The molecule has 0 fully saturated rings. The predicted molar refractivity (Wildman–Crippen MR) is 110 cm³/mol. The van der Waals surface area contributed by atoms with E-state index in [1.54, 1.807) is 0 Å². The molecule has 2 aromatic carbocycles. The summed E-state index contributed by atoms with van der Waals surface area (Å²) in [7, 11) is 0. The molecule has 7 heteroatoms. The summed E-state index contributed by atoms with van der Waals surface area (Å²) < 4.78 is 1.84. The zero-order chi connectivity index (χ0) is 20.6. The van der Waals surface area contributed by atoms with Crippen LogP contribution >= 0.6 is 0 Å². The Labute approximate surface area is 170 Å². The highest BCUT2D eigenvalue weighted by Crippen LogP contribution is 2.35. The molecule has 0 radical (unpaired) electrons. The molecular weight excluding hydrogens is 364 g/mol. The number of rotatable bonds is 3. The fourth-order valence-electron chi connectivity index (χ4n) is 3.76. The summed E-state index contributed by atoms with van der Waals surface area (Å²) in [5.74, 6) is 0.582. The van der Waals surface area contributed by atoms with Crippen molar-refractivity contribution in [2.45, 2.75) is 45.7 Å². The summed E-state index contributed by atoms with van der Waals surface area (Å²) in [5, 5.41) is 14.5. The Morgan fingerprint density at radius 1 is 1.14 bits per heavy atom. The van der Waals surface area contributed by atoms with Crippen LogP contribution in [0.15, 0.2) is 48.5 Å². The number of aromatic nitrogens is 4. The molecule has 1 unspecified atom stereocenters. The lowest BCUT2D eigenvalue weighted by atomic mass is 9.91. The van der Waals surface area contributed by atoms with Gasteiger partial charge in [0.15, 0.2) is 5.82 Å². The molecule has 3 aromatic rings. The lowest BCUT2D eigenvalue weighted by Crippen LogP contribution is -2.49. The van der Waals surface area contributed by atoms with Crippen LogP contribution in [0.3, 0.4) is 0 Å². The van der Waals surface area contributed by atoms with Crippen LogP contribution in [0.25, 0.3) is 0 Å². The van der Waals surface area contributed by atoms with Crippen LogP contribution in [0, 0.1) is 6.92 Å². The van der Waals surface area contributed by atoms with Crippen molar-refractivity contribution in [2.75, 3.05) is 6.54 Å². The topological polar surface area (TPSA) is 75.9 Å². The third kappa shape index (κ3) is 3.78. The second kappa shape index (κ2) is 7.40. The van der Waals surface area contributed by atoms with Crippen LogP contribution in [-0.4, -0.2) is 37.7 Å². The first-order valence-electron chi connectivity index (χ1n) is 9.85. The molecule has 1 aliphatic heterocycles. The van der Waals surface area contributed by atoms with Crippen molar-refractivity contribution >= 4 is 5.91 Å². The van der Waals surface area contributed by atoms with Crippen LogP contribution in [0.4, 0.5) is 0 Å². The average Bonchev–Trinajstić information content (AvgIpc) is 3.18. The SMILES string of the molecule is Cc1ccc2c(c1)C(c1nnnn1C(C)(C)C)N(NC(=O)c1ccccc1)CC2. The zero-order valence-electron chi connectivity index (χ0n) is 17.3. The van der Waals surface area contributed by atoms with Gasteiger partial charge in [0.25, 0.3) is 5.91 Å². The van der Waals surface area contributed by atoms with Crippen LogP contribution < -0.4 is 5.43 Å². The van der Waals surface area contributed by atoms with E-state index in [0.29, 0.717) is 12.1 Å². The van der Waals surface area contributed by atoms with Crippen molar-refractivity contribution in [3.63, 3.8) is 0 Å². The molecule has 1 amide bonds. The van der Waals surface area contributed by atoms with Gasteiger partial charge in [-0.25, -0.2) is 9.69 Å².